The lowest BCUT2D eigenvalue weighted by atomic mass is 9.83. The van der Waals surface area contributed by atoms with Gasteiger partial charge in [-0.05, 0) is 49.0 Å². The molecule has 1 N–H and O–H groups in total. The number of pyridine rings is 1. The first-order valence-corrected chi connectivity index (χ1v) is 6.40. The topological polar surface area (TPSA) is 24.9 Å². The van der Waals surface area contributed by atoms with Crippen LogP contribution in [0.1, 0.15) is 24.8 Å². The summed E-state index contributed by atoms with van der Waals surface area (Å²) in [5, 5.41) is 4.71. The molecular formula is C15H18N2. The molecule has 0 saturated carbocycles. The average Bonchev–Trinajstić information content (AvgIpc) is 2.39. The number of fused-ring (bicyclic) bond motifs is 1. The van der Waals surface area contributed by atoms with Crippen LogP contribution in [-0.4, -0.2) is 18.1 Å². The van der Waals surface area contributed by atoms with Gasteiger partial charge >= 0.3 is 0 Å². The van der Waals surface area contributed by atoms with Crippen LogP contribution in [-0.2, 0) is 0 Å². The van der Waals surface area contributed by atoms with Crippen LogP contribution in [0.3, 0.4) is 0 Å². The van der Waals surface area contributed by atoms with Crippen LogP contribution in [0.5, 0.6) is 0 Å². The van der Waals surface area contributed by atoms with E-state index in [1.54, 1.807) is 0 Å². The zero-order valence-corrected chi connectivity index (χ0v) is 10.2. The lowest BCUT2D eigenvalue weighted by molar-refractivity contribution is 0.349. The molecular weight excluding hydrogens is 208 g/mol. The Labute approximate surface area is 102 Å². The van der Waals surface area contributed by atoms with E-state index in [1.165, 1.54) is 17.4 Å². The highest BCUT2D eigenvalue weighted by atomic mass is 14.9. The van der Waals surface area contributed by atoms with Gasteiger partial charge in [-0.15, -0.1) is 0 Å². The van der Waals surface area contributed by atoms with Gasteiger partial charge in [0.25, 0.3) is 0 Å². The quantitative estimate of drug-likeness (QED) is 0.808. The third-order valence-corrected chi connectivity index (χ3v) is 3.83. The molecule has 2 heterocycles. The number of hydrogen-bond acceptors (Lipinski definition) is 2. The first kappa shape index (κ1) is 10.7. The van der Waals surface area contributed by atoms with E-state index in [9.17, 15) is 0 Å². The molecule has 2 nitrogen and oxygen atoms in total. The second kappa shape index (κ2) is 4.46. The number of aromatic nitrogens is 1. The third kappa shape index (κ3) is 2.05. The summed E-state index contributed by atoms with van der Waals surface area (Å²) in [5.74, 6) is 1.36. The molecule has 0 amide bonds. The SMILES string of the molecule is CC1CNCCC1c1cnc2ccccc2c1. The van der Waals surface area contributed by atoms with Gasteiger partial charge in [0, 0.05) is 11.6 Å². The van der Waals surface area contributed by atoms with Crippen molar-refractivity contribution in [1.29, 1.82) is 0 Å². The van der Waals surface area contributed by atoms with Gasteiger partial charge < -0.3 is 5.32 Å². The molecule has 0 radical (unpaired) electrons. The van der Waals surface area contributed by atoms with Crippen molar-refractivity contribution in [3.8, 4) is 0 Å². The van der Waals surface area contributed by atoms with Gasteiger partial charge in [-0.3, -0.25) is 4.98 Å². The van der Waals surface area contributed by atoms with Crippen molar-refractivity contribution in [3.05, 3.63) is 42.1 Å². The van der Waals surface area contributed by atoms with Gasteiger partial charge in [0.1, 0.15) is 0 Å². The van der Waals surface area contributed by atoms with Crippen molar-refractivity contribution in [2.24, 2.45) is 5.92 Å². The predicted molar refractivity (Wildman–Crippen MR) is 71.1 cm³/mol. The summed E-state index contributed by atoms with van der Waals surface area (Å²) in [4.78, 5) is 4.57. The molecule has 3 rings (SSSR count). The van der Waals surface area contributed by atoms with Crippen molar-refractivity contribution in [3.63, 3.8) is 0 Å². The third-order valence-electron chi connectivity index (χ3n) is 3.83. The van der Waals surface area contributed by atoms with Gasteiger partial charge in [0.05, 0.1) is 5.52 Å². The Balaban J connectivity index is 1.99. The average molecular weight is 226 g/mol. The highest BCUT2D eigenvalue weighted by Gasteiger charge is 2.22. The van der Waals surface area contributed by atoms with Crippen LogP contribution in [0.25, 0.3) is 10.9 Å². The van der Waals surface area contributed by atoms with Crippen molar-refractivity contribution in [2.45, 2.75) is 19.3 Å². The molecule has 1 aromatic heterocycles. The molecule has 1 aliphatic rings. The second-order valence-corrected chi connectivity index (χ2v) is 5.04. The smallest absolute Gasteiger partial charge is 0.0702 e. The second-order valence-electron chi connectivity index (χ2n) is 5.04. The fourth-order valence-electron chi connectivity index (χ4n) is 2.80. The molecule has 2 atom stereocenters. The Bertz CT molecular complexity index is 521. The number of rotatable bonds is 1. The van der Waals surface area contributed by atoms with E-state index < -0.39 is 0 Å². The Kier molecular flexibility index (Phi) is 2.81. The maximum atomic E-state index is 4.57. The van der Waals surface area contributed by atoms with Crippen molar-refractivity contribution >= 4 is 10.9 Å². The van der Waals surface area contributed by atoms with Crippen LogP contribution in [0.15, 0.2) is 36.5 Å². The Morgan fingerprint density at radius 2 is 2.18 bits per heavy atom. The molecule has 1 fully saturated rings. The maximum absolute atomic E-state index is 4.57. The molecule has 2 aromatic rings. The van der Waals surface area contributed by atoms with Crippen molar-refractivity contribution in [2.75, 3.05) is 13.1 Å². The predicted octanol–water partition coefficient (Wildman–Crippen LogP) is 2.95. The minimum atomic E-state index is 0.661. The largest absolute Gasteiger partial charge is 0.316 e. The van der Waals surface area contributed by atoms with Crippen LogP contribution < -0.4 is 5.32 Å². The van der Waals surface area contributed by atoms with Gasteiger partial charge in [-0.2, -0.15) is 0 Å². The van der Waals surface area contributed by atoms with Gasteiger partial charge in [0.15, 0.2) is 0 Å². The minimum Gasteiger partial charge on any atom is -0.316 e. The summed E-state index contributed by atoms with van der Waals surface area (Å²) in [7, 11) is 0. The molecule has 88 valence electrons. The zero-order chi connectivity index (χ0) is 11.7. The molecule has 0 spiro atoms. The molecule has 0 bridgehead atoms. The van der Waals surface area contributed by atoms with E-state index in [1.807, 2.05) is 6.07 Å². The van der Waals surface area contributed by atoms with E-state index in [2.05, 4.69) is 47.7 Å². The fourth-order valence-corrected chi connectivity index (χ4v) is 2.80. The first-order chi connectivity index (χ1) is 8.34. The normalized spacial score (nSPS) is 25.0. The number of nitrogens with one attached hydrogen (secondary N) is 1. The van der Waals surface area contributed by atoms with E-state index in [0.29, 0.717) is 11.8 Å². The summed E-state index contributed by atoms with van der Waals surface area (Å²) in [6, 6.07) is 10.7. The van der Waals surface area contributed by atoms with Crippen LogP contribution in [0.4, 0.5) is 0 Å². The van der Waals surface area contributed by atoms with Crippen LogP contribution in [0.2, 0.25) is 0 Å². The van der Waals surface area contributed by atoms with E-state index in [4.69, 9.17) is 0 Å². The van der Waals surface area contributed by atoms with Gasteiger partial charge in [0.2, 0.25) is 0 Å². The van der Waals surface area contributed by atoms with Gasteiger partial charge in [-0.1, -0.05) is 25.1 Å². The molecule has 1 aliphatic heterocycles. The summed E-state index contributed by atoms with van der Waals surface area (Å²) in [5.41, 5.74) is 2.50. The number of nitrogens with zero attached hydrogens (tertiary/aromatic N) is 1. The van der Waals surface area contributed by atoms with Crippen LogP contribution >= 0.6 is 0 Å². The summed E-state index contributed by atoms with van der Waals surface area (Å²) in [6.07, 6.45) is 3.29. The lowest BCUT2D eigenvalue weighted by Crippen LogP contribution is -2.33. The molecule has 17 heavy (non-hydrogen) atoms. The Hall–Kier alpha value is -1.41. The zero-order valence-electron chi connectivity index (χ0n) is 10.2. The number of hydrogen-bond donors (Lipinski definition) is 1. The number of para-hydroxylation sites is 1. The van der Waals surface area contributed by atoms with Gasteiger partial charge in [-0.25, -0.2) is 0 Å². The van der Waals surface area contributed by atoms with Crippen LogP contribution in [0, 0.1) is 5.92 Å². The summed E-state index contributed by atoms with van der Waals surface area (Å²) >= 11 is 0. The summed E-state index contributed by atoms with van der Waals surface area (Å²) < 4.78 is 0. The van der Waals surface area contributed by atoms with E-state index in [0.717, 1.165) is 18.6 Å². The highest BCUT2D eigenvalue weighted by Crippen LogP contribution is 2.30. The number of piperidine rings is 1. The molecule has 0 aliphatic carbocycles. The molecule has 1 aromatic carbocycles. The molecule has 2 heteroatoms. The van der Waals surface area contributed by atoms with E-state index >= 15 is 0 Å². The standard InChI is InChI=1S/C15H18N2/c1-11-9-16-7-6-14(11)13-8-12-4-2-3-5-15(12)17-10-13/h2-5,8,10-11,14,16H,6-7,9H2,1H3. The first-order valence-electron chi connectivity index (χ1n) is 6.40. The lowest BCUT2D eigenvalue weighted by Gasteiger charge is -2.29. The molecule has 2 unspecified atom stereocenters. The Morgan fingerprint density at radius 1 is 1.29 bits per heavy atom. The maximum Gasteiger partial charge on any atom is 0.0702 e. The Morgan fingerprint density at radius 3 is 3.06 bits per heavy atom. The summed E-state index contributed by atoms with van der Waals surface area (Å²) in [6.45, 7) is 4.57. The monoisotopic (exact) mass is 226 g/mol. The fraction of sp³-hybridized carbons (Fsp3) is 0.400. The molecule has 1 saturated heterocycles. The number of benzene rings is 1. The van der Waals surface area contributed by atoms with E-state index in [-0.39, 0.29) is 0 Å². The van der Waals surface area contributed by atoms with Crippen molar-refractivity contribution < 1.29 is 0 Å². The minimum absolute atomic E-state index is 0.661. The van der Waals surface area contributed by atoms with Crippen molar-refractivity contribution in [1.82, 2.24) is 10.3 Å². The highest BCUT2D eigenvalue weighted by molar-refractivity contribution is 5.78.